The molecule has 3 N–H and O–H groups in total. The third-order valence-electron chi connectivity index (χ3n) is 2.77. The monoisotopic (exact) mass is 220 g/mol. The molecule has 1 aromatic carbocycles. The van der Waals surface area contributed by atoms with Crippen LogP contribution in [0.2, 0.25) is 0 Å². The van der Waals surface area contributed by atoms with Crippen molar-refractivity contribution in [2.45, 2.75) is 19.1 Å². The number of amides is 1. The summed E-state index contributed by atoms with van der Waals surface area (Å²) in [5.74, 6) is -0.404. The van der Waals surface area contributed by atoms with Gasteiger partial charge < -0.3 is 10.8 Å². The molecule has 1 aliphatic heterocycles. The standard InChI is InChI=1S/C12H16N2O2/c1-12(16)7-14(8-12)6-9-2-4-10(5-3-9)11(13)15/h2-5,16H,6-8H2,1H3,(H2,13,15). The molecule has 1 aromatic rings. The fourth-order valence-corrected chi connectivity index (χ4v) is 2.06. The molecular formula is C12H16N2O2. The summed E-state index contributed by atoms with van der Waals surface area (Å²) in [6.07, 6.45) is 0. The molecule has 0 unspecified atom stereocenters. The second-order valence-electron chi connectivity index (χ2n) is 4.70. The minimum atomic E-state index is -0.535. The van der Waals surface area contributed by atoms with E-state index in [0.29, 0.717) is 18.7 Å². The van der Waals surface area contributed by atoms with Gasteiger partial charge in [0.25, 0.3) is 0 Å². The van der Waals surface area contributed by atoms with Crippen LogP contribution in [0, 0.1) is 0 Å². The molecular weight excluding hydrogens is 204 g/mol. The molecule has 1 saturated heterocycles. The molecule has 4 heteroatoms. The first kappa shape index (κ1) is 11.1. The lowest BCUT2D eigenvalue weighted by atomic mass is 9.96. The van der Waals surface area contributed by atoms with Crippen molar-refractivity contribution < 1.29 is 9.90 Å². The van der Waals surface area contributed by atoms with Crippen LogP contribution in [0.4, 0.5) is 0 Å². The Kier molecular flexibility index (Phi) is 2.69. The summed E-state index contributed by atoms with van der Waals surface area (Å²) < 4.78 is 0. The highest BCUT2D eigenvalue weighted by molar-refractivity contribution is 5.92. The maximum Gasteiger partial charge on any atom is 0.248 e. The zero-order chi connectivity index (χ0) is 11.8. The average Bonchev–Trinajstić information content (AvgIpc) is 2.15. The van der Waals surface area contributed by atoms with Gasteiger partial charge in [-0.3, -0.25) is 9.69 Å². The molecule has 1 aliphatic rings. The summed E-state index contributed by atoms with van der Waals surface area (Å²) in [5.41, 5.74) is 6.27. The van der Waals surface area contributed by atoms with Gasteiger partial charge in [0.05, 0.1) is 5.60 Å². The lowest BCUT2D eigenvalue weighted by Gasteiger charge is -2.44. The number of likely N-dealkylation sites (tertiary alicyclic amines) is 1. The van der Waals surface area contributed by atoms with Crippen molar-refractivity contribution in [1.82, 2.24) is 4.90 Å². The number of benzene rings is 1. The topological polar surface area (TPSA) is 66.6 Å². The third-order valence-corrected chi connectivity index (χ3v) is 2.77. The number of nitrogens with zero attached hydrogens (tertiary/aromatic N) is 1. The van der Waals surface area contributed by atoms with Gasteiger partial charge in [0, 0.05) is 25.2 Å². The summed E-state index contributed by atoms with van der Waals surface area (Å²) in [6, 6.07) is 7.26. The van der Waals surface area contributed by atoms with E-state index in [-0.39, 0.29) is 0 Å². The number of hydrogen-bond donors (Lipinski definition) is 2. The maximum atomic E-state index is 10.9. The average molecular weight is 220 g/mol. The van der Waals surface area contributed by atoms with E-state index < -0.39 is 11.5 Å². The van der Waals surface area contributed by atoms with Gasteiger partial charge in [0.15, 0.2) is 0 Å². The molecule has 1 amide bonds. The van der Waals surface area contributed by atoms with Gasteiger partial charge in [-0.2, -0.15) is 0 Å². The highest BCUT2D eigenvalue weighted by atomic mass is 16.3. The molecule has 0 radical (unpaired) electrons. The van der Waals surface area contributed by atoms with Crippen LogP contribution in [-0.2, 0) is 6.54 Å². The smallest absolute Gasteiger partial charge is 0.248 e. The van der Waals surface area contributed by atoms with Crippen LogP contribution in [0.15, 0.2) is 24.3 Å². The number of carbonyl (C=O) groups is 1. The summed E-state index contributed by atoms with van der Waals surface area (Å²) >= 11 is 0. The predicted octanol–water partition coefficient (Wildman–Crippen LogP) is 0.352. The number of rotatable bonds is 3. The van der Waals surface area contributed by atoms with Gasteiger partial charge in [-0.05, 0) is 24.6 Å². The van der Waals surface area contributed by atoms with Gasteiger partial charge in [-0.15, -0.1) is 0 Å². The molecule has 0 aromatic heterocycles. The van der Waals surface area contributed by atoms with E-state index in [1.807, 2.05) is 19.1 Å². The summed E-state index contributed by atoms with van der Waals surface area (Å²) in [5, 5.41) is 9.58. The lowest BCUT2D eigenvalue weighted by molar-refractivity contribution is -0.0871. The minimum Gasteiger partial charge on any atom is -0.388 e. The van der Waals surface area contributed by atoms with Crippen molar-refractivity contribution >= 4 is 5.91 Å². The first-order valence-electron chi connectivity index (χ1n) is 5.30. The Labute approximate surface area is 94.7 Å². The van der Waals surface area contributed by atoms with E-state index in [1.54, 1.807) is 12.1 Å². The number of aliphatic hydroxyl groups is 1. The minimum absolute atomic E-state index is 0.404. The van der Waals surface area contributed by atoms with Crippen LogP contribution in [0.3, 0.4) is 0 Å². The summed E-state index contributed by atoms with van der Waals surface area (Å²) in [6.45, 7) is 4.03. The van der Waals surface area contributed by atoms with E-state index in [0.717, 1.165) is 12.1 Å². The quantitative estimate of drug-likeness (QED) is 0.772. The van der Waals surface area contributed by atoms with E-state index in [9.17, 15) is 9.90 Å². The fraction of sp³-hybridized carbons (Fsp3) is 0.417. The second kappa shape index (κ2) is 3.88. The Morgan fingerprint density at radius 3 is 2.44 bits per heavy atom. The molecule has 0 aliphatic carbocycles. The van der Waals surface area contributed by atoms with Crippen molar-refractivity contribution in [2.75, 3.05) is 13.1 Å². The van der Waals surface area contributed by atoms with Crippen molar-refractivity contribution in [3.63, 3.8) is 0 Å². The lowest BCUT2D eigenvalue weighted by Crippen LogP contribution is -2.59. The zero-order valence-electron chi connectivity index (χ0n) is 9.31. The van der Waals surface area contributed by atoms with Crippen molar-refractivity contribution in [3.05, 3.63) is 35.4 Å². The van der Waals surface area contributed by atoms with Gasteiger partial charge in [0.2, 0.25) is 5.91 Å². The normalized spacial score (nSPS) is 19.1. The maximum absolute atomic E-state index is 10.9. The molecule has 1 heterocycles. The zero-order valence-corrected chi connectivity index (χ0v) is 9.31. The number of carbonyl (C=O) groups excluding carboxylic acids is 1. The van der Waals surface area contributed by atoms with Crippen molar-refractivity contribution in [3.8, 4) is 0 Å². The molecule has 86 valence electrons. The van der Waals surface area contributed by atoms with E-state index in [1.165, 1.54) is 0 Å². The van der Waals surface area contributed by atoms with Crippen LogP contribution in [-0.4, -0.2) is 34.6 Å². The van der Waals surface area contributed by atoms with E-state index >= 15 is 0 Å². The second-order valence-corrected chi connectivity index (χ2v) is 4.70. The van der Waals surface area contributed by atoms with Gasteiger partial charge in [-0.1, -0.05) is 12.1 Å². The van der Waals surface area contributed by atoms with Crippen LogP contribution >= 0.6 is 0 Å². The van der Waals surface area contributed by atoms with Gasteiger partial charge >= 0.3 is 0 Å². The number of primary amides is 1. The molecule has 1 fully saturated rings. The molecule has 0 bridgehead atoms. The first-order valence-corrected chi connectivity index (χ1v) is 5.30. The van der Waals surface area contributed by atoms with Gasteiger partial charge in [0.1, 0.15) is 0 Å². The van der Waals surface area contributed by atoms with Crippen LogP contribution in [0.5, 0.6) is 0 Å². The molecule has 2 rings (SSSR count). The Hall–Kier alpha value is -1.39. The van der Waals surface area contributed by atoms with Crippen molar-refractivity contribution in [1.29, 1.82) is 0 Å². The van der Waals surface area contributed by atoms with E-state index in [4.69, 9.17) is 5.73 Å². The molecule has 0 atom stereocenters. The SMILES string of the molecule is CC1(O)CN(Cc2ccc(C(N)=O)cc2)C1. The van der Waals surface area contributed by atoms with Gasteiger partial charge in [-0.25, -0.2) is 0 Å². The Morgan fingerprint density at radius 2 is 2.00 bits per heavy atom. The Morgan fingerprint density at radius 1 is 1.44 bits per heavy atom. The summed E-state index contributed by atoms with van der Waals surface area (Å²) in [4.78, 5) is 13.0. The van der Waals surface area contributed by atoms with Crippen molar-refractivity contribution in [2.24, 2.45) is 5.73 Å². The molecule has 0 saturated carbocycles. The molecule has 4 nitrogen and oxygen atoms in total. The van der Waals surface area contributed by atoms with Crippen LogP contribution in [0.25, 0.3) is 0 Å². The van der Waals surface area contributed by atoms with E-state index in [2.05, 4.69) is 4.90 Å². The molecule has 16 heavy (non-hydrogen) atoms. The largest absolute Gasteiger partial charge is 0.388 e. The Bertz CT molecular complexity index is 390. The molecule has 0 spiro atoms. The first-order chi connectivity index (χ1) is 7.46. The number of nitrogens with two attached hydrogens (primary N) is 1. The predicted molar refractivity (Wildman–Crippen MR) is 60.9 cm³/mol. The van der Waals surface area contributed by atoms with Crippen LogP contribution < -0.4 is 5.73 Å². The Balaban J connectivity index is 1.94. The fourth-order valence-electron chi connectivity index (χ4n) is 2.06. The summed E-state index contributed by atoms with van der Waals surface area (Å²) in [7, 11) is 0. The highest BCUT2D eigenvalue weighted by Gasteiger charge is 2.35. The third kappa shape index (κ3) is 2.40. The number of hydrogen-bond acceptors (Lipinski definition) is 3. The highest BCUT2D eigenvalue weighted by Crippen LogP contribution is 2.21. The number of β-amino-alcohol motifs (C(OH)–C–C–N with tert-alkyl or cyclic N) is 1. The van der Waals surface area contributed by atoms with Crippen LogP contribution in [0.1, 0.15) is 22.8 Å².